The van der Waals surface area contributed by atoms with Crippen LogP contribution in [0, 0.1) is 0 Å². The van der Waals surface area contributed by atoms with Gasteiger partial charge in [-0.25, -0.2) is 5.06 Å². The van der Waals surface area contributed by atoms with Crippen molar-refractivity contribution in [3.63, 3.8) is 0 Å². The average Bonchev–Trinajstić information content (AvgIpc) is 2.57. The van der Waals surface area contributed by atoms with Crippen LogP contribution < -0.4 is 0 Å². The Morgan fingerprint density at radius 1 is 0.826 bits per heavy atom. The van der Waals surface area contributed by atoms with Crippen LogP contribution in [0.1, 0.15) is 96.8 Å². The van der Waals surface area contributed by atoms with Crippen molar-refractivity contribution in [3.8, 4) is 0 Å². The maximum absolute atomic E-state index is 11.5. The Morgan fingerprint density at radius 3 is 1.83 bits per heavy atom. The summed E-state index contributed by atoms with van der Waals surface area (Å²) < 4.78 is 0. The summed E-state index contributed by atoms with van der Waals surface area (Å²) in [7, 11) is 3.19. The molecule has 0 aliphatic heterocycles. The van der Waals surface area contributed by atoms with E-state index in [0.717, 1.165) is 12.8 Å². The van der Waals surface area contributed by atoms with E-state index in [9.17, 15) is 4.79 Å². The zero-order chi connectivity index (χ0) is 17.2. The smallest absolute Gasteiger partial charge is 0.245 e. The predicted molar refractivity (Wildman–Crippen MR) is 99.2 cm³/mol. The molecule has 0 aromatic heterocycles. The lowest BCUT2D eigenvalue weighted by Crippen LogP contribution is -2.24. The molecule has 0 aromatic carbocycles. The lowest BCUT2D eigenvalue weighted by Gasteiger charge is -2.12. The molecule has 0 radical (unpaired) electrons. The molecule has 0 aliphatic carbocycles. The Morgan fingerprint density at radius 2 is 1.30 bits per heavy atom. The van der Waals surface area contributed by atoms with Gasteiger partial charge in [0, 0.05) is 13.5 Å². The standard InChI is InChI=1S/C20H39NO2/c1-4-5-6-7-8-9-10-11-12-13-14-15-16-17-18-19-20(22)21(2)23-3/h10-11H,4-9,12-19H2,1-3H3. The highest BCUT2D eigenvalue weighted by molar-refractivity contribution is 5.74. The number of hydrogen-bond acceptors (Lipinski definition) is 2. The van der Waals surface area contributed by atoms with Gasteiger partial charge < -0.3 is 0 Å². The first-order valence-corrected chi connectivity index (χ1v) is 9.68. The summed E-state index contributed by atoms with van der Waals surface area (Å²) in [5.74, 6) is 0.0762. The van der Waals surface area contributed by atoms with E-state index in [4.69, 9.17) is 4.84 Å². The fourth-order valence-electron chi connectivity index (χ4n) is 2.61. The number of unbranched alkanes of at least 4 members (excludes halogenated alkanes) is 11. The first-order valence-electron chi connectivity index (χ1n) is 9.68. The number of hydrogen-bond donors (Lipinski definition) is 0. The van der Waals surface area contributed by atoms with Crippen LogP contribution >= 0.6 is 0 Å². The molecule has 0 fully saturated rings. The maximum atomic E-state index is 11.5. The van der Waals surface area contributed by atoms with Crippen molar-refractivity contribution in [2.24, 2.45) is 0 Å². The third kappa shape index (κ3) is 15.8. The normalized spacial score (nSPS) is 11.3. The Hall–Kier alpha value is -0.830. The Bertz CT molecular complexity index is 289. The minimum atomic E-state index is 0.0762. The van der Waals surface area contributed by atoms with Crippen LogP contribution in [0.15, 0.2) is 12.2 Å². The van der Waals surface area contributed by atoms with Gasteiger partial charge in [-0.2, -0.15) is 0 Å². The van der Waals surface area contributed by atoms with Gasteiger partial charge in [0.1, 0.15) is 0 Å². The summed E-state index contributed by atoms with van der Waals surface area (Å²) in [4.78, 5) is 16.4. The second kappa shape index (κ2) is 17.5. The molecule has 0 spiro atoms. The van der Waals surface area contributed by atoms with Gasteiger partial charge in [0.05, 0.1) is 7.11 Å². The second-order valence-electron chi connectivity index (χ2n) is 6.41. The summed E-state index contributed by atoms with van der Waals surface area (Å²) in [6, 6.07) is 0. The van der Waals surface area contributed by atoms with Gasteiger partial charge in [0.2, 0.25) is 5.91 Å². The summed E-state index contributed by atoms with van der Waals surface area (Å²) in [5, 5.41) is 1.32. The van der Waals surface area contributed by atoms with Crippen molar-refractivity contribution < 1.29 is 9.63 Å². The fraction of sp³-hybridized carbons (Fsp3) is 0.850. The molecule has 3 heteroatoms. The number of hydroxylamine groups is 2. The molecular weight excluding hydrogens is 286 g/mol. The van der Waals surface area contributed by atoms with Gasteiger partial charge >= 0.3 is 0 Å². The van der Waals surface area contributed by atoms with Crippen LogP contribution in [0.25, 0.3) is 0 Å². The zero-order valence-corrected chi connectivity index (χ0v) is 15.8. The largest absolute Gasteiger partial charge is 0.275 e. The molecule has 3 nitrogen and oxygen atoms in total. The van der Waals surface area contributed by atoms with Crippen molar-refractivity contribution in [2.45, 2.75) is 96.8 Å². The third-order valence-electron chi connectivity index (χ3n) is 4.28. The minimum Gasteiger partial charge on any atom is -0.275 e. The van der Waals surface area contributed by atoms with Crippen molar-refractivity contribution in [3.05, 3.63) is 12.2 Å². The lowest BCUT2D eigenvalue weighted by molar-refractivity contribution is -0.168. The number of carbonyl (C=O) groups is 1. The summed E-state index contributed by atoms with van der Waals surface area (Å²) in [5.41, 5.74) is 0. The molecule has 0 rings (SSSR count). The molecule has 0 heterocycles. The van der Waals surface area contributed by atoms with E-state index in [1.165, 1.54) is 82.8 Å². The first kappa shape index (κ1) is 22.2. The van der Waals surface area contributed by atoms with E-state index in [1.54, 1.807) is 7.05 Å². The fourth-order valence-corrected chi connectivity index (χ4v) is 2.61. The molecule has 0 aliphatic rings. The number of nitrogens with zero attached hydrogens (tertiary/aromatic N) is 1. The average molecular weight is 326 g/mol. The van der Waals surface area contributed by atoms with Gasteiger partial charge in [0.15, 0.2) is 0 Å². The van der Waals surface area contributed by atoms with Gasteiger partial charge in [-0.15, -0.1) is 0 Å². The number of carbonyl (C=O) groups excluding carboxylic acids is 1. The third-order valence-corrected chi connectivity index (χ3v) is 4.28. The van der Waals surface area contributed by atoms with Gasteiger partial charge in [0.25, 0.3) is 0 Å². The van der Waals surface area contributed by atoms with Crippen LogP contribution in [-0.4, -0.2) is 25.1 Å². The number of amides is 1. The van der Waals surface area contributed by atoms with Gasteiger partial charge in [-0.1, -0.05) is 70.4 Å². The Kier molecular flexibility index (Phi) is 16.9. The van der Waals surface area contributed by atoms with Crippen LogP contribution in [0.2, 0.25) is 0 Å². The molecule has 0 aromatic rings. The summed E-state index contributed by atoms with van der Waals surface area (Å²) >= 11 is 0. The van der Waals surface area contributed by atoms with Crippen LogP contribution in [0.4, 0.5) is 0 Å². The van der Waals surface area contributed by atoms with Gasteiger partial charge in [-0.05, 0) is 32.1 Å². The number of allylic oxidation sites excluding steroid dienone is 2. The van der Waals surface area contributed by atoms with Crippen LogP contribution in [0.3, 0.4) is 0 Å². The quantitative estimate of drug-likeness (QED) is 0.196. The minimum absolute atomic E-state index is 0.0762. The molecule has 1 amide bonds. The molecule has 0 saturated carbocycles. The van der Waals surface area contributed by atoms with Crippen LogP contribution in [0.5, 0.6) is 0 Å². The van der Waals surface area contributed by atoms with Crippen molar-refractivity contribution in [1.29, 1.82) is 0 Å². The molecule has 0 bridgehead atoms. The molecule has 0 atom stereocenters. The molecule has 136 valence electrons. The highest BCUT2D eigenvalue weighted by Crippen LogP contribution is 2.10. The van der Waals surface area contributed by atoms with Crippen molar-refractivity contribution in [2.75, 3.05) is 14.2 Å². The van der Waals surface area contributed by atoms with Crippen LogP contribution in [-0.2, 0) is 9.63 Å². The van der Waals surface area contributed by atoms with E-state index in [-0.39, 0.29) is 5.91 Å². The van der Waals surface area contributed by atoms with Crippen molar-refractivity contribution >= 4 is 5.91 Å². The molecule has 0 N–H and O–H groups in total. The number of rotatable bonds is 16. The second-order valence-corrected chi connectivity index (χ2v) is 6.41. The van der Waals surface area contributed by atoms with E-state index >= 15 is 0 Å². The SMILES string of the molecule is CCCCCCCC=CCCCCCCCCC(=O)N(C)OC. The summed E-state index contributed by atoms with van der Waals surface area (Å²) in [6.07, 6.45) is 22.0. The predicted octanol–water partition coefficient (Wildman–Crippen LogP) is 6.04. The highest BCUT2D eigenvalue weighted by Gasteiger charge is 2.06. The highest BCUT2D eigenvalue weighted by atomic mass is 16.7. The Balaban J connectivity index is 3.20. The molecule has 0 unspecified atom stereocenters. The zero-order valence-electron chi connectivity index (χ0n) is 15.8. The maximum Gasteiger partial charge on any atom is 0.245 e. The Labute approximate surface area is 144 Å². The monoisotopic (exact) mass is 325 g/mol. The van der Waals surface area contributed by atoms with E-state index < -0.39 is 0 Å². The topological polar surface area (TPSA) is 29.5 Å². The summed E-state index contributed by atoms with van der Waals surface area (Å²) in [6.45, 7) is 2.26. The lowest BCUT2D eigenvalue weighted by atomic mass is 10.1. The molecular formula is C20H39NO2. The first-order chi connectivity index (χ1) is 11.2. The molecule has 0 saturated heterocycles. The van der Waals surface area contributed by atoms with E-state index in [0.29, 0.717) is 6.42 Å². The van der Waals surface area contributed by atoms with Crippen molar-refractivity contribution in [1.82, 2.24) is 5.06 Å². The van der Waals surface area contributed by atoms with E-state index in [2.05, 4.69) is 19.1 Å². The van der Waals surface area contributed by atoms with E-state index in [1.807, 2.05) is 0 Å². The molecule has 23 heavy (non-hydrogen) atoms. The van der Waals surface area contributed by atoms with Gasteiger partial charge in [-0.3, -0.25) is 9.63 Å².